The van der Waals surface area contributed by atoms with Crippen molar-refractivity contribution in [3.05, 3.63) is 29.2 Å². The van der Waals surface area contributed by atoms with E-state index in [0.717, 1.165) is 0 Å². The normalized spacial score (nSPS) is 10.2. The monoisotopic (exact) mass is 259 g/mol. The highest BCUT2D eigenvalue weighted by atomic mass is 16.5. The molecule has 7 nitrogen and oxygen atoms in total. The number of nitriles is 1. The lowest BCUT2D eigenvalue weighted by Crippen LogP contribution is -2.06. The zero-order chi connectivity index (χ0) is 14.0. The third-order valence-corrected chi connectivity index (χ3v) is 2.61. The minimum Gasteiger partial charge on any atom is -0.462 e. The first-order valence-corrected chi connectivity index (χ1v) is 5.74. The van der Waals surface area contributed by atoms with Gasteiger partial charge in [0.25, 0.3) is 0 Å². The van der Waals surface area contributed by atoms with Crippen LogP contribution >= 0.6 is 0 Å². The van der Waals surface area contributed by atoms with Crippen LogP contribution in [0.15, 0.2) is 12.4 Å². The molecular formula is C12H13N5O2. The molecule has 0 saturated heterocycles. The Labute approximate surface area is 110 Å². The molecule has 0 fully saturated rings. The summed E-state index contributed by atoms with van der Waals surface area (Å²) in [5.74, 6) is 0.0849. The molecule has 0 unspecified atom stereocenters. The summed E-state index contributed by atoms with van der Waals surface area (Å²) in [7, 11) is 1.72. The fraction of sp³-hybridized carbons (Fsp3) is 0.333. The van der Waals surface area contributed by atoms with Crippen molar-refractivity contribution in [2.45, 2.75) is 13.8 Å². The fourth-order valence-electron chi connectivity index (χ4n) is 1.80. The van der Waals surface area contributed by atoms with Crippen LogP contribution in [0.1, 0.15) is 28.5 Å². The second-order valence-corrected chi connectivity index (χ2v) is 3.91. The van der Waals surface area contributed by atoms with Gasteiger partial charge >= 0.3 is 5.97 Å². The molecule has 2 aromatic rings. The van der Waals surface area contributed by atoms with E-state index in [2.05, 4.69) is 16.3 Å². The molecule has 0 aromatic carbocycles. The van der Waals surface area contributed by atoms with Gasteiger partial charge in [-0.15, -0.1) is 0 Å². The average Bonchev–Trinajstić information content (AvgIpc) is 2.93. The summed E-state index contributed by atoms with van der Waals surface area (Å²) in [5.41, 5.74) is 1.39. The number of ether oxygens (including phenoxy) is 1. The second kappa shape index (κ2) is 4.94. The van der Waals surface area contributed by atoms with Crippen molar-refractivity contribution < 1.29 is 9.53 Å². The van der Waals surface area contributed by atoms with Crippen molar-refractivity contribution in [1.82, 2.24) is 19.6 Å². The molecule has 0 radical (unpaired) electrons. The molecule has 0 bridgehead atoms. The first kappa shape index (κ1) is 12.8. The van der Waals surface area contributed by atoms with Crippen molar-refractivity contribution in [3.8, 4) is 11.9 Å². The topological polar surface area (TPSA) is 85.7 Å². The predicted octanol–water partition coefficient (Wildman–Crippen LogP) is 0.963. The molecule has 0 aliphatic rings. The second-order valence-electron chi connectivity index (χ2n) is 3.91. The van der Waals surface area contributed by atoms with Gasteiger partial charge in [-0.25, -0.2) is 14.2 Å². The Bertz CT molecular complexity index is 662. The molecule has 0 spiro atoms. The van der Waals surface area contributed by atoms with E-state index in [1.807, 2.05) is 0 Å². The van der Waals surface area contributed by atoms with Crippen LogP contribution in [-0.4, -0.2) is 32.1 Å². The van der Waals surface area contributed by atoms with Gasteiger partial charge in [-0.05, 0) is 13.8 Å². The van der Waals surface area contributed by atoms with E-state index in [4.69, 9.17) is 10.00 Å². The van der Waals surface area contributed by atoms with Gasteiger partial charge in [-0.3, -0.25) is 0 Å². The Hall–Kier alpha value is -2.62. The molecule has 19 heavy (non-hydrogen) atoms. The van der Waals surface area contributed by atoms with Gasteiger partial charge in [-0.1, -0.05) is 0 Å². The molecule has 0 N–H and O–H groups in total. The van der Waals surface area contributed by atoms with E-state index in [-0.39, 0.29) is 0 Å². The Balaban J connectivity index is 2.44. The van der Waals surface area contributed by atoms with Gasteiger partial charge in [0.1, 0.15) is 11.6 Å². The highest BCUT2D eigenvalue weighted by Crippen LogP contribution is 2.16. The van der Waals surface area contributed by atoms with Crippen molar-refractivity contribution in [1.29, 1.82) is 5.26 Å². The van der Waals surface area contributed by atoms with Crippen molar-refractivity contribution in [2.75, 3.05) is 6.61 Å². The number of rotatable bonds is 3. The molecule has 0 amide bonds. The summed E-state index contributed by atoms with van der Waals surface area (Å²) in [4.78, 5) is 11.6. The van der Waals surface area contributed by atoms with Crippen molar-refractivity contribution >= 4 is 5.97 Å². The lowest BCUT2D eigenvalue weighted by molar-refractivity contribution is 0.0526. The smallest absolute Gasteiger partial charge is 0.341 e. The zero-order valence-electron chi connectivity index (χ0n) is 10.9. The minimum atomic E-state index is -0.439. The van der Waals surface area contributed by atoms with Crippen LogP contribution in [0.2, 0.25) is 0 Å². The molecule has 2 aromatic heterocycles. The number of hydrogen-bond donors (Lipinski definition) is 0. The number of carbonyl (C=O) groups is 1. The Kier molecular flexibility index (Phi) is 3.33. The summed E-state index contributed by atoms with van der Waals surface area (Å²) in [6.07, 6.45) is 2.93. The lowest BCUT2D eigenvalue weighted by atomic mass is 10.2. The van der Waals surface area contributed by atoms with E-state index in [9.17, 15) is 4.79 Å². The molecule has 2 rings (SSSR count). The number of carbonyl (C=O) groups excluding carboxylic acids is 1. The highest BCUT2D eigenvalue weighted by molar-refractivity contribution is 5.88. The van der Waals surface area contributed by atoms with E-state index < -0.39 is 5.97 Å². The Morgan fingerprint density at radius 2 is 2.32 bits per heavy atom. The molecule has 0 aliphatic carbocycles. The Morgan fingerprint density at radius 1 is 1.58 bits per heavy atom. The zero-order valence-corrected chi connectivity index (χ0v) is 10.9. The number of esters is 1. The summed E-state index contributed by atoms with van der Waals surface area (Å²) in [6, 6.07) is 2.09. The summed E-state index contributed by atoms with van der Waals surface area (Å²) in [6.45, 7) is 3.79. The average molecular weight is 259 g/mol. The molecule has 7 heteroatoms. The molecular weight excluding hydrogens is 246 g/mol. The number of aromatic nitrogens is 4. The first-order valence-electron chi connectivity index (χ1n) is 5.74. The first-order chi connectivity index (χ1) is 9.08. The van der Waals surface area contributed by atoms with E-state index >= 15 is 0 Å². The third kappa shape index (κ3) is 2.20. The van der Waals surface area contributed by atoms with Crippen molar-refractivity contribution in [2.24, 2.45) is 7.05 Å². The molecule has 2 heterocycles. The van der Waals surface area contributed by atoms with E-state index in [0.29, 0.717) is 29.2 Å². The van der Waals surface area contributed by atoms with E-state index in [1.165, 1.54) is 17.1 Å². The van der Waals surface area contributed by atoms with Crippen LogP contribution in [0.3, 0.4) is 0 Å². The Morgan fingerprint density at radius 3 is 2.95 bits per heavy atom. The van der Waals surface area contributed by atoms with Gasteiger partial charge in [0, 0.05) is 13.2 Å². The van der Waals surface area contributed by atoms with Crippen LogP contribution in [0.4, 0.5) is 0 Å². The molecule has 0 atom stereocenters. The van der Waals surface area contributed by atoms with Gasteiger partial charge in [0.2, 0.25) is 0 Å². The van der Waals surface area contributed by atoms with Crippen LogP contribution in [0, 0.1) is 18.3 Å². The SMILES string of the molecule is CCOC(=O)c1cnn(-c2c(C#N)c(C)nn2C)c1. The quantitative estimate of drug-likeness (QED) is 0.766. The molecule has 0 saturated carbocycles. The minimum absolute atomic E-state index is 0.304. The maximum Gasteiger partial charge on any atom is 0.341 e. The largest absolute Gasteiger partial charge is 0.462 e. The molecule has 0 aliphatic heterocycles. The lowest BCUT2D eigenvalue weighted by Gasteiger charge is -2.01. The number of nitrogens with zero attached hydrogens (tertiary/aromatic N) is 5. The fourth-order valence-corrected chi connectivity index (χ4v) is 1.80. The van der Waals surface area contributed by atoms with Gasteiger partial charge < -0.3 is 4.74 Å². The van der Waals surface area contributed by atoms with Gasteiger partial charge in [-0.2, -0.15) is 15.5 Å². The maximum absolute atomic E-state index is 11.6. The summed E-state index contributed by atoms with van der Waals surface area (Å²) >= 11 is 0. The van der Waals surface area contributed by atoms with Crippen LogP contribution in [0.25, 0.3) is 5.82 Å². The van der Waals surface area contributed by atoms with Crippen LogP contribution in [0.5, 0.6) is 0 Å². The third-order valence-electron chi connectivity index (χ3n) is 2.61. The van der Waals surface area contributed by atoms with E-state index in [1.54, 1.807) is 25.6 Å². The predicted molar refractivity (Wildman–Crippen MR) is 65.7 cm³/mol. The van der Waals surface area contributed by atoms with Gasteiger partial charge in [0.15, 0.2) is 5.82 Å². The van der Waals surface area contributed by atoms with Crippen molar-refractivity contribution in [3.63, 3.8) is 0 Å². The van der Waals surface area contributed by atoms with Gasteiger partial charge in [0.05, 0.1) is 24.1 Å². The van der Waals surface area contributed by atoms with Crippen LogP contribution < -0.4 is 0 Å². The highest BCUT2D eigenvalue weighted by Gasteiger charge is 2.17. The standard InChI is InChI=1S/C12H13N5O2/c1-4-19-12(18)9-6-14-17(7-9)11-10(5-13)8(2)15-16(11)3/h6-7H,4H2,1-3H3. The van der Waals surface area contributed by atoms with Crippen LogP contribution in [-0.2, 0) is 11.8 Å². The molecule has 98 valence electrons. The number of hydrogen-bond acceptors (Lipinski definition) is 5. The number of aryl methyl sites for hydroxylation is 2. The maximum atomic E-state index is 11.6. The summed E-state index contributed by atoms with van der Waals surface area (Å²) in [5, 5.41) is 17.4. The summed E-state index contributed by atoms with van der Waals surface area (Å²) < 4.78 is 7.89.